The molecule has 0 atom stereocenters. The SMILES string of the molecule is COc1cccc(-c2nnn(-c3nc(C)nc4sc5c(c34)CCC5)n2)c1. The quantitative estimate of drug-likeness (QED) is 0.556. The maximum absolute atomic E-state index is 5.28. The summed E-state index contributed by atoms with van der Waals surface area (Å²) in [4.78, 5) is 13.2. The molecule has 0 unspecified atom stereocenters. The smallest absolute Gasteiger partial charge is 0.205 e. The second-order valence-corrected chi connectivity index (χ2v) is 7.35. The van der Waals surface area contributed by atoms with E-state index >= 15 is 0 Å². The van der Waals surface area contributed by atoms with Gasteiger partial charge in [-0.3, -0.25) is 0 Å². The molecule has 130 valence electrons. The van der Waals surface area contributed by atoms with Crippen molar-refractivity contribution in [3.63, 3.8) is 0 Å². The first-order valence-corrected chi connectivity index (χ1v) is 9.28. The van der Waals surface area contributed by atoms with Crippen LogP contribution in [0.25, 0.3) is 27.4 Å². The van der Waals surface area contributed by atoms with Crippen molar-refractivity contribution in [3.05, 3.63) is 40.5 Å². The predicted octanol–water partition coefficient (Wildman–Crippen LogP) is 3.14. The van der Waals surface area contributed by atoms with Crippen molar-refractivity contribution in [1.82, 2.24) is 30.2 Å². The Morgan fingerprint density at radius 3 is 3.00 bits per heavy atom. The highest BCUT2D eigenvalue weighted by Crippen LogP contribution is 2.38. The minimum absolute atomic E-state index is 0.542. The molecule has 3 aromatic heterocycles. The lowest BCUT2D eigenvalue weighted by atomic mass is 10.2. The maximum atomic E-state index is 5.28. The van der Waals surface area contributed by atoms with Crippen LogP contribution in [-0.2, 0) is 12.8 Å². The molecule has 5 rings (SSSR count). The van der Waals surface area contributed by atoms with Crippen molar-refractivity contribution >= 4 is 21.6 Å². The summed E-state index contributed by atoms with van der Waals surface area (Å²) in [6.07, 6.45) is 3.37. The van der Waals surface area contributed by atoms with Crippen LogP contribution in [0.2, 0.25) is 0 Å². The van der Waals surface area contributed by atoms with E-state index in [0.717, 1.165) is 34.4 Å². The van der Waals surface area contributed by atoms with Crippen LogP contribution >= 0.6 is 11.3 Å². The van der Waals surface area contributed by atoms with Gasteiger partial charge < -0.3 is 4.74 Å². The molecule has 0 saturated heterocycles. The van der Waals surface area contributed by atoms with Crippen LogP contribution in [0.1, 0.15) is 22.7 Å². The highest BCUT2D eigenvalue weighted by Gasteiger charge is 2.23. The van der Waals surface area contributed by atoms with Gasteiger partial charge in [0.2, 0.25) is 5.82 Å². The summed E-state index contributed by atoms with van der Waals surface area (Å²) in [5.74, 6) is 2.73. The molecule has 0 radical (unpaired) electrons. The van der Waals surface area contributed by atoms with Gasteiger partial charge in [-0.2, -0.15) is 0 Å². The zero-order valence-corrected chi connectivity index (χ0v) is 15.2. The third-order valence-corrected chi connectivity index (χ3v) is 5.77. The molecule has 0 bridgehead atoms. The van der Waals surface area contributed by atoms with E-state index in [9.17, 15) is 0 Å². The van der Waals surface area contributed by atoms with Crippen LogP contribution in [0.3, 0.4) is 0 Å². The van der Waals surface area contributed by atoms with Crippen molar-refractivity contribution < 1.29 is 4.74 Å². The predicted molar refractivity (Wildman–Crippen MR) is 98.9 cm³/mol. The van der Waals surface area contributed by atoms with Gasteiger partial charge in [0.15, 0.2) is 5.82 Å². The summed E-state index contributed by atoms with van der Waals surface area (Å²) in [6, 6.07) is 7.63. The Morgan fingerprint density at radius 2 is 2.12 bits per heavy atom. The minimum atomic E-state index is 0.542. The van der Waals surface area contributed by atoms with E-state index in [1.807, 2.05) is 31.2 Å². The van der Waals surface area contributed by atoms with Gasteiger partial charge in [0.25, 0.3) is 0 Å². The third kappa shape index (κ3) is 2.37. The van der Waals surface area contributed by atoms with E-state index < -0.39 is 0 Å². The molecular formula is C18H16N6OS. The molecule has 4 aromatic rings. The van der Waals surface area contributed by atoms with E-state index in [0.29, 0.717) is 17.5 Å². The largest absolute Gasteiger partial charge is 0.497 e. The summed E-state index contributed by atoms with van der Waals surface area (Å²) < 4.78 is 5.28. The Labute approximate surface area is 153 Å². The average Bonchev–Trinajstić information content (AvgIpc) is 3.36. The number of benzene rings is 1. The lowest BCUT2D eigenvalue weighted by Crippen LogP contribution is -2.05. The lowest BCUT2D eigenvalue weighted by molar-refractivity contribution is 0.415. The number of hydrogen-bond donors (Lipinski definition) is 0. The van der Waals surface area contributed by atoms with Gasteiger partial charge in [-0.15, -0.1) is 26.3 Å². The summed E-state index contributed by atoms with van der Waals surface area (Å²) >= 11 is 1.76. The van der Waals surface area contributed by atoms with Gasteiger partial charge in [0.05, 0.1) is 12.5 Å². The van der Waals surface area contributed by atoms with Crippen LogP contribution in [0.4, 0.5) is 0 Å². The molecule has 8 heteroatoms. The van der Waals surface area contributed by atoms with E-state index in [4.69, 9.17) is 4.74 Å². The first-order chi connectivity index (χ1) is 12.7. The van der Waals surface area contributed by atoms with Crippen LogP contribution in [0, 0.1) is 6.92 Å². The highest BCUT2D eigenvalue weighted by atomic mass is 32.1. The Balaban J connectivity index is 1.66. The fourth-order valence-corrected chi connectivity index (χ4v) is 4.71. The molecule has 7 nitrogen and oxygen atoms in total. The number of hydrogen-bond acceptors (Lipinski definition) is 7. The molecule has 0 spiro atoms. The molecule has 26 heavy (non-hydrogen) atoms. The zero-order chi connectivity index (χ0) is 17.7. The minimum Gasteiger partial charge on any atom is -0.497 e. The molecule has 1 aliphatic rings. The number of tetrazole rings is 1. The fraction of sp³-hybridized carbons (Fsp3) is 0.278. The second kappa shape index (κ2) is 5.84. The Kier molecular flexibility index (Phi) is 3.46. The van der Waals surface area contributed by atoms with Crippen LogP contribution < -0.4 is 4.74 Å². The molecule has 1 aromatic carbocycles. The Bertz CT molecular complexity index is 1130. The Hall–Kier alpha value is -2.87. The first-order valence-electron chi connectivity index (χ1n) is 8.46. The molecule has 1 aliphatic carbocycles. The third-order valence-electron chi connectivity index (χ3n) is 4.59. The number of rotatable bonds is 3. The topological polar surface area (TPSA) is 78.6 Å². The first kappa shape index (κ1) is 15.4. The number of ether oxygens (including phenoxy) is 1. The Morgan fingerprint density at radius 1 is 1.19 bits per heavy atom. The van der Waals surface area contributed by atoms with Crippen LogP contribution in [0.15, 0.2) is 24.3 Å². The van der Waals surface area contributed by atoms with Gasteiger partial charge in [0, 0.05) is 10.4 Å². The van der Waals surface area contributed by atoms with Crippen LogP contribution in [-0.4, -0.2) is 37.3 Å². The van der Waals surface area contributed by atoms with E-state index in [-0.39, 0.29) is 0 Å². The molecule has 0 saturated carbocycles. The molecular weight excluding hydrogens is 348 g/mol. The van der Waals surface area contributed by atoms with Crippen molar-refractivity contribution in [1.29, 1.82) is 0 Å². The van der Waals surface area contributed by atoms with Crippen LogP contribution in [0.5, 0.6) is 5.75 Å². The average molecular weight is 364 g/mol. The van der Waals surface area contributed by atoms with Gasteiger partial charge in [-0.1, -0.05) is 12.1 Å². The lowest BCUT2D eigenvalue weighted by Gasteiger charge is -2.03. The standard InChI is InChI=1S/C18H16N6OS/c1-10-19-17(15-13-7-4-8-14(13)26-18(15)20-10)24-22-16(21-23-24)11-5-3-6-12(9-11)25-2/h3,5-6,9H,4,7-8H2,1-2H3. The maximum Gasteiger partial charge on any atom is 0.205 e. The van der Waals surface area contributed by atoms with Gasteiger partial charge in [-0.25, -0.2) is 9.97 Å². The summed E-state index contributed by atoms with van der Waals surface area (Å²) in [5.41, 5.74) is 2.20. The summed E-state index contributed by atoms with van der Waals surface area (Å²) in [7, 11) is 1.64. The van der Waals surface area contributed by atoms with Crippen molar-refractivity contribution in [2.75, 3.05) is 7.11 Å². The van der Waals surface area contributed by atoms with E-state index in [1.54, 1.807) is 18.4 Å². The number of thiophene rings is 1. The normalized spacial score (nSPS) is 13.3. The van der Waals surface area contributed by atoms with Crippen molar-refractivity contribution in [2.45, 2.75) is 26.2 Å². The molecule has 0 fully saturated rings. The monoisotopic (exact) mass is 364 g/mol. The molecule has 0 aliphatic heterocycles. The molecule has 3 heterocycles. The zero-order valence-electron chi connectivity index (χ0n) is 14.4. The van der Waals surface area contributed by atoms with Crippen molar-refractivity contribution in [2.24, 2.45) is 0 Å². The number of fused-ring (bicyclic) bond motifs is 3. The summed E-state index contributed by atoms with van der Waals surface area (Å²) in [6.45, 7) is 1.90. The van der Waals surface area contributed by atoms with E-state index in [1.165, 1.54) is 21.7 Å². The summed E-state index contributed by atoms with van der Waals surface area (Å²) in [5, 5.41) is 14.1. The molecule has 0 N–H and O–H groups in total. The second-order valence-electron chi connectivity index (χ2n) is 6.27. The van der Waals surface area contributed by atoms with Gasteiger partial charge in [0.1, 0.15) is 16.4 Å². The number of methoxy groups -OCH3 is 1. The number of aryl methyl sites for hydroxylation is 3. The molecule has 0 amide bonds. The fourth-order valence-electron chi connectivity index (χ4n) is 3.41. The van der Waals surface area contributed by atoms with Gasteiger partial charge in [-0.05, 0) is 49.1 Å². The highest BCUT2D eigenvalue weighted by molar-refractivity contribution is 7.19. The van der Waals surface area contributed by atoms with E-state index in [2.05, 4.69) is 25.4 Å². The number of aromatic nitrogens is 6. The van der Waals surface area contributed by atoms with Crippen molar-refractivity contribution in [3.8, 4) is 23.0 Å². The number of nitrogens with zero attached hydrogens (tertiary/aromatic N) is 6. The van der Waals surface area contributed by atoms with Gasteiger partial charge >= 0.3 is 0 Å².